The van der Waals surface area contributed by atoms with E-state index in [1.165, 1.54) is 0 Å². The molecule has 0 atom stereocenters. The number of fused-ring (bicyclic) bond motifs is 1. The number of nitrogens with zero attached hydrogens (tertiary/aromatic N) is 3. The van der Waals surface area contributed by atoms with Crippen molar-refractivity contribution in [3.8, 4) is 0 Å². The van der Waals surface area contributed by atoms with Gasteiger partial charge in [-0.15, -0.1) is 0 Å². The minimum atomic E-state index is 0.0233. The molecule has 0 radical (unpaired) electrons. The molecule has 1 heterocycles. The molecule has 3 rings (SSSR count). The summed E-state index contributed by atoms with van der Waals surface area (Å²) in [5.74, 6) is 0.0233. The molecule has 1 amide bonds. The molecule has 0 fully saturated rings. The Balaban J connectivity index is 1.53. The van der Waals surface area contributed by atoms with Gasteiger partial charge in [-0.3, -0.25) is 14.7 Å². The maximum atomic E-state index is 12.2. The Kier molecular flexibility index (Phi) is 5.58. The summed E-state index contributed by atoms with van der Waals surface area (Å²) < 4.78 is 0. The summed E-state index contributed by atoms with van der Waals surface area (Å²) >= 11 is 0. The highest BCUT2D eigenvalue weighted by atomic mass is 16.1. The van der Waals surface area contributed by atoms with Crippen LogP contribution in [0.5, 0.6) is 0 Å². The molecule has 1 aromatic heterocycles. The lowest BCUT2D eigenvalue weighted by Crippen LogP contribution is -2.24. The highest BCUT2D eigenvalue weighted by Crippen LogP contribution is 2.16. The third-order valence-corrected chi connectivity index (χ3v) is 4.32. The van der Waals surface area contributed by atoms with E-state index < -0.39 is 0 Å². The Labute approximate surface area is 154 Å². The van der Waals surface area contributed by atoms with Gasteiger partial charge in [0.15, 0.2) is 0 Å². The van der Waals surface area contributed by atoms with E-state index in [4.69, 9.17) is 0 Å². The van der Waals surface area contributed by atoms with Crippen LogP contribution in [-0.2, 0) is 11.3 Å². The van der Waals surface area contributed by atoms with Gasteiger partial charge >= 0.3 is 0 Å². The minimum Gasteiger partial charge on any atom is -0.326 e. The van der Waals surface area contributed by atoms with Crippen LogP contribution in [-0.4, -0.2) is 34.4 Å². The van der Waals surface area contributed by atoms with Crippen LogP contribution in [0.2, 0.25) is 0 Å². The van der Waals surface area contributed by atoms with Gasteiger partial charge in [0, 0.05) is 25.2 Å². The number of rotatable bonds is 6. The lowest BCUT2D eigenvalue weighted by Gasteiger charge is -2.16. The van der Waals surface area contributed by atoms with E-state index in [2.05, 4.69) is 20.2 Å². The monoisotopic (exact) mass is 348 g/mol. The molecule has 1 N–H and O–H groups in total. The fraction of sp³-hybridized carbons (Fsp3) is 0.286. The number of carbonyl (C=O) groups excluding carboxylic acids is 1. The molecule has 5 nitrogen and oxygen atoms in total. The van der Waals surface area contributed by atoms with Crippen molar-refractivity contribution in [3.63, 3.8) is 0 Å². The van der Waals surface area contributed by atoms with Crippen molar-refractivity contribution in [2.45, 2.75) is 26.8 Å². The van der Waals surface area contributed by atoms with E-state index in [0.29, 0.717) is 19.5 Å². The smallest absolute Gasteiger partial charge is 0.225 e. The fourth-order valence-electron chi connectivity index (χ4n) is 2.80. The molecule has 3 aromatic rings. The predicted molar refractivity (Wildman–Crippen MR) is 105 cm³/mol. The molecule has 0 saturated carbocycles. The summed E-state index contributed by atoms with van der Waals surface area (Å²) in [4.78, 5) is 23.4. The van der Waals surface area contributed by atoms with Gasteiger partial charge < -0.3 is 5.32 Å². The molecule has 0 aliphatic heterocycles. The second-order valence-corrected chi connectivity index (χ2v) is 6.70. The number of hydrogen-bond acceptors (Lipinski definition) is 4. The summed E-state index contributed by atoms with van der Waals surface area (Å²) in [6.07, 6.45) is 2.24. The molecule has 134 valence electrons. The maximum absolute atomic E-state index is 12.2. The predicted octanol–water partition coefficient (Wildman–Crippen LogP) is 3.71. The van der Waals surface area contributed by atoms with Gasteiger partial charge in [-0.1, -0.05) is 24.3 Å². The number of para-hydroxylation sites is 2. The lowest BCUT2D eigenvalue weighted by atomic mass is 10.1. The van der Waals surface area contributed by atoms with Crippen molar-refractivity contribution >= 4 is 22.6 Å². The third kappa shape index (κ3) is 4.64. The summed E-state index contributed by atoms with van der Waals surface area (Å²) in [6.45, 7) is 5.34. The van der Waals surface area contributed by atoms with Crippen molar-refractivity contribution in [2.24, 2.45) is 0 Å². The van der Waals surface area contributed by atoms with E-state index in [9.17, 15) is 4.79 Å². The first-order valence-electron chi connectivity index (χ1n) is 8.77. The number of amides is 1. The number of nitrogens with one attached hydrogen (secondary N) is 1. The molecular weight excluding hydrogens is 324 g/mol. The fourth-order valence-corrected chi connectivity index (χ4v) is 2.80. The van der Waals surface area contributed by atoms with E-state index in [-0.39, 0.29) is 5.91 Å². The molecule has 0 spiro atoms. The van der Waals surface area contributed by atoms with E-state index in [0.717, 1.165) is 33.5 Å². The largest absolute Gasteiger partial charge is 0.326 e. The molecule has 0 aliphatic rings. The number of anilines is 1. The molecule has 0 aliphatic carbocycles. The summed E-state index contributed by atoms with van der Waals surface area (Å²) in [6, 6.07) is 13.9. The van der Waals surface area contributed by atoms with Crippen LogP contribution in [0, 0.1) is 13.8 Å². The number of hydrogen-bond donors (Lipinski definition) is 1. The second kappa shape index (κ2) is 8.06. The molecule has 0 saturated heterocycles. The normalized spacial score (nSPS) is 11.1. The van der Waals surface area contributed by atoms with Crippen molar-refractivity contribution < 1.29 is 4.79 Å². The van der Waals surface area contributed by atoms with Crippen LogP contribution in [0.3, 0.4) is 0 Å². The average Bonchev–Trinajstić information content (AvgIpc) is 2.63. The van der Waals surface area contributed by atoms with E-state index in [1.807, 2.05) is 63.4 Å². The van der Waals surface area contributed by atoms with Gasteiger partial charge in [0.25, 0.3) is 0 Å². The van der Waals surface area contributed by atoms with Gasteiger partial charge in [-0.25, -0.2) is 4.98 Å². The Morgan fingerprint density at radius 1 is 1.12 bits per heavy atom. The molecular formula is C21H24N4O. The highest BCUT2D eigenvalue weighted by Gasteiger charge is 2.09. The lowest BCUT2D eigenvalue weighted by molar-refractivity contribution is -0.116. The Morgan fingerprint density at radius 3 is 2.69 bits per heavy atom. The Bertz CT molecular complexity index is 923. The first-order valence-corrected chi connectivity index (χ1v) is 8.77. The Morgan fingerprint density at radius 2 is 1.88 bits per heavy atom. The highest BCUT2D eigenvalue weighted by molar-refractivity contribution is 5.91. The van der Waals surface area contributed by atoms with Gasteiger partial charge in [0.05, 0.1) is 22.9 Å². The summed E-state index contributed by atoms with van der Waals surface area (Å²) in [5, 5.41) is 3.00. The van der Waals surface area contributed by atoms with E-state index in [1.54, 1.807) is 6.20 Å². The van der Waals surface area contributed by atoms with Gasteiger partial charge in [0.1, 0.15) is 0 Å². The quantitative estimate of drug-likeness (QED) is 0.738. The standard InChI is InChI=1S/C21H24N4O/c1-15-8-9-16(2)20(12-15)24-21(26)10-11-25(3)14-17-13-22-18-6-4-5-7-19(18)23-17/h4-9,12-13H,10-11,14H2,1-3H3,(H,24,26). The van der Waals surface area contributed by atoms with Crippen LogP contribution in [0.25, 0.3) is 11.0 Å². The van der Waals surface area contributed by atoms with Crippen molar-refractivity contribution in [1.82, 2.24) is 14.9 Å². The molecule has 26 heavy (non-hydrogen) atoms. The van der Waals surface area contributed by atoms with Gasteiger partial charge in [-0.05, 0) is 50.2 Å². The first kappa shape index (κ1) is 18.0. The van der Waals surface area contributed by atoms with Gasteiger partial charge in [0.2, 0.25) is 5.91 Å². The molecule has 0 unspecified atom stereocenters. The molecule has 0 bridgehead atoms. The number of benzene rings is 2. The zero-order valence-corrected chi connectivity index (χ0v) is 15.5. The van der Waals surface area contributed by atoms with Crippen LogP contribution >= 0.6 is 0 Å². The zero-order chi connectivity index (χ0) is 18.5. The topological polar surface area (TPSA) is 58.1 Å². The average molecular weight is 348 g/mol. The zero-order valence-electron chi connectivity index (χ0n) is 15.5. The minimum absolute atomic E-state index is 0.0233. The van der Waals surface area contributed by atoms with Crippen LogP contribution in [0.15, 0.2) is 48.7 Å². The number of carbonyl (C=O) groups is 1. The Hall–Kier alpha value is -2.79. The number of aryl methyl sites for hydroxylation is 2. The SMILES string of the molecule is Cc1ccc(C)c(NC(=O)CCN(C)Cc2cnc3ccccc3n2)c1. The van der Waals surface area contributed by atoms with Crippen molar-refractivity contribution in [1.29, 1.82) is 0 Å². The first-order chi connectivity index (χ1) is 12.5. The number of aromatic nitrogens is 2. The second-order valence-electron chi connectivity index (χ2n) is 6.70. The third-order valence-electron chi connectivity index (χ3n) is 4.32. The van der Waals surface area contributed by atoms with E-state index >= 15 is 0 Å². The summed E-state index contributed by atoms with van der Waals surface area (Å²) in [7, 11) is 1.99. The van der Waals surface area contributed by atoms with Crippen molar-refractivity contribution in [2.75, 3.05) is 18.9 Å². The van der Waals surface area contributed by atoms with Crippen LogP contribution < -0.4 is 5.32 Å². The maximum Gasteiger partial charge on any atom is 0.225 e. The summed E-state index contributed by atoms with van der Waals surface area (Å²) in [5.41, 5.74) is 5.79. The van der Waals surface area contributed by atoms with Crippen LogP contribution in [0.1, 0.15) is 23.2 Å². The van der Waals surface area contributed by atoms with Crippen molar-refractivity contribution in [3.05, 3.63) is 65.5 Å². The van der Waals surface area contributed by atoms with Gasteiger partial charge in [-0.2, -0.15) is 0 Å². The van der Waals surface area contributed by atoms with Crippen LogP contribution in [0.4, 0.5) is 5.69 Å². The molecule has 5 heteroatoms. The molecule has 2 aromatic carbocycles.